The Hall–Kier alpha value is -2.41. The molecule has 0 saturated carbocycles. The molecule has 0 atom stereocenters. The van der Waals surface area contributed by atoms with Gasteiger partial charge in [0.25, 0.3) is 5.91 Å². The van der Waals surface area contributed by atoms with Crippen molar-refractivity contribution in [3.8, 4) is 0 Å². The van der Waals surface area contributed by atoms with Gasteiger partial charge in [-0.2, -0.15) is 0 Å². The lowest BCUT2D eigenvalue weighted by molar-refractivity contribution is -0.116. The minimum Gasteiger partial charge on any atom is -0.476 e. The number of hydrazone groups is 1. The van der Waals surface area contributed by atoms with Crippen LogP contribution in [0, 0.1) is 13.8 Å². The summed E-state index contributed by atoms with van der Waals surface area (Å²) in [5.41, 5.74) is 5.71. The summed E-state index contributed by atoms with van der Waals surface area (Å²) in [6, 6.07) is 0. The molecule has 0 fully saturated rings. The lowest BCUT2D eigenvalue weighted by Gasteiger charge is -2.08. The van der Waals surface area contributed by atoms with E-state index in [1.807, 2.05) is 39.8 Å². The van der Waals surface area contributed by atoms with E-state index in [-0.39, 0.29) is 17.6 Å². The second-order valence-corrected chi connectivity index (χ2v) is 5.67. The molecule has 7 nitrogen and oxygen atoms in total. The summed E-state index contributed by atoms with van der Waals surface area (Å²) in [4.78, 5) is 29.3. The highest BCUT2D eigenvalue weighted by molar-refractivity contribution is 6.24. The number of hydrogen-bond donors (Lipinski definition) is 2. The SMILES string of the molecule is CCOC1=NNC(=O)/C1=C/c1[nH]c(C)c(C(=O)CN(C)C)c1C. The number of ether oxygens (including phenoxy) is 1. The lowest BCUT2D eigenvalue weighted by atomic mass is 10.0. The number of carbonyl (C=O) groups is 2. The van der Waals surface area contributed by atoms with E-state index in [0.29, 0.717) is 30.0 Å². The largest absolute Gasteiger partial charge is 0.476 e. The summed E-state index contributed by atoms with van der Waals surface area (Å²) in [6.45, 7) is 6.29. The molecule has 7 heteroatoms. The van der Waals surface area contributed by atoms with Crippen molar-refractivity contribution in [1.29, 1.82) is 0 Å². The van der Waals surface area contributed by atoms with E-state index < -0.39 is 0 Å². The van der Waals surface area contributed by atoms with Gasteiger partial charge in [-0.15, -0.1) is 5.10 Å². The minimum absolute atomic E-state index is 0.0421. The van der Waals surface area contributed by atoms with Gasteiger partial charge in [-0.05, 0) is 46.5 Å². The van der Waals surface area contributed by atoms with Crippen LogP contribution in [0.25, 0.3) is 6.08 Å². The molecule has 2 N–H and O–H groups in total. The van der Waals surface area contributed by atoms with E-state index in [1.165, 1.54) is 0 Å². The maximum atomic E-state index is 12.4. The van der Waals surface area contributed by atoms with Gasteiger partial charge in [-0.3, -0.25) is 9.59 Å². The fraction of sp³-hybridized carbons (Fsp3) is 0.438. The number of aromatic nitrogens is 1. The van der Waals surface area contributed by atoms with Crippen molar-refractivity contribution in [3.05, 3.63) is 28.1 Å². The highest BCUT2D eigenvalue weighted by Gasteiger charge is 2.25. The molecule has 0 saturated heterocycles. The predicted octanol–water partition coefficient (Wildman–Crippen LogP) is 1.24. The number of aryl methyl sites for hydroxylation is 1. The van der Waals surface area contributed by atoms with Crippen LogP contribution in [0.3, 0.4) is 0 Å². The number of amides is 1. The molecule has 0 unspecified atom stereocenters. The van der Waals surface area contributed by atoms with Crippen LogP contribution in [0.1, 0.15) is 34.2 Å². The zero-order valence-electron chi connectivity index (χ0n) is 14.1. The Morgan fingerprint density at radius 1 is 1.35 bits per heavy atom. The van der Waals surface area contributed by atoms with E-state index in [2.05, 4.69) is 15.5 Å². The van der Waals surface area contributed by atoms with Crippen molar-refractivity contribution in [1.82, 2.24) is 15.3 Å². The number of hydrogen-bond acceptors (Lipinski definition) is 5. The molecule has 2 heterocycles. The summed E-state index contributed by atoms with van der Waals surface area (Å²) < 4.78 is 5.35. The Bertz CT molecular complexity index is 698. The summed E-state index contributed by atoms with van der Waals surface area (Å²) in [7, 11) is 3.71. The van der Waals surface area contributed by atoms with E-state index in [9.17, 15) is 9.59 Å². The van der Waals surface area contributed by atoms with Gasteiger partial charge in [0.2, 0.25) is 5.90 Å². The maximum Gasteiger partial charge on any atom is 0.277 e. The van der Waals surface area contributed by atoms with Crippen LogP contribution in [0.4, 0.5) is 0 Å². The first kappa shape index (κ1) is 17.0. The molecule has 0 radical (unpaired) electrons. The Balaban J connectivity index is 2.38. The fourth-order valence-electron chi connectivity index (χ4n) is 2.54. The van der Waals surface area contributed by atoms with Gasteiger partial charge >= 0.3 is 0 Å². The zero-order chi connectivity index (χ0) is 17.1. The van der Waals surface area contributed by atoms with Crippen molar-refractivity contribution >= 4 is 23.7 Å². The highest BCUT2D eigenvalue weighted by atomic mass is 16.5. The summed E-state index contributed by atoms with van der Waals surface area (Å²) in [5.74, 6) is -0.00735. The van der Waals surface area contributed by atoms with Crippen molar-refractivity contribution in [2.45, 2.75) is 20.8 Å². The molecule has 1 aromatic rings. The van der Waals surface area contributed by atoms with Crippen molar-refractivity contribution < 1.29 is 14.3 Å². The van der Waals surface area contributed by atoms with Crippen LogP contribution in [-0.4, -0.2) is 54.7 Å². The number of aromatic amines is 1. The molecule has 0 spiro atoms. The van der Waals surface area contributed by atoms with Gasteiger partial charge in [0.15, 0.2) is 5.78 Å². The molecule has 0 aliphatic carbocycles. The molecular weight excluding hydrogens is 296 g/mol. The third-order valence-corrected chi connectivity index (χ3v) is 3.52. The van der Waals surface area contributed by atoms with Gasteiger partial charge in [0.05, 0.1) is 13.2 Å². The van der Waals surface area contributed by atoms with Gasteiger partial charge in [-0.25, -0.2) is 5.43 Å². The average Bonchev–Trinajstić information content (AvgIpc) is 2.92. The Kier molecular flexibility index (Phi) is 5.00. The smallest absolute Gasteiger partial charge is 0.277 e. The molecule has 1 aliphatic heterocycles. The Morgan fingerprint density at radius 2 is 2.04 bits per heavy atom. The van der Waals surface area contributed by atoms with E-state index in [0.717, 1.165) is 11.3 Å². The topological polar surface area (TPSA) is 86.8 Å². The molecule has 1 aromatic heterocycles. The van der Waals surface area contributed by atoms with Crippen LogP contribution in [0.15, 0.2) is 10.7 Å². The number of Topliss-reactive ketones (excluding diaryl/α,β-unsaturated/α-hetero) is 1. The first-order valence-electron chi connectivity index (χ1n) is 7.45. The quantitative estimate of drug-likeness (QED) is 0.632. The van der Waals surface area contributed by atoms with E-state index >= 15 is 0 Å². The molecule has 1 amide bonds. The standard InChI is InChI=1S/C16H22N4O3/c1-6-23-16-11(15(22)18-19-16)7-12-9(2)14(10(3)17-12)13(21)8-20(4)5/h7,17H,6,8H2,1-5H3,(H,18,22)/b11-7-. The van der Waals surface area contributed by atoms with Crippen LogP contribution in [0.5, 0.6) is 0 Å². The number of likely N-dealkylation sites (N-methyl/N-ethyl adjacent to an activating group) is 1. The number of nitrogens with zero attached hydrogens (tertiary/aromatic N) is 2. The average molecular weight is 318 g/mol. The number of ketones is 1. The van der Waals surface area contributed by atoms with Crippen LogP contribution in [-0.2, 0) is 9.53 Å². The normalized spacial score (nSPS) is 16.0. The molecule has 1 aliphatic rings. The number of H-pyrrole nitrogens is 1. The second kappa shape index (κ2) is 6.78. The first-order chi connectivity index (χ1) is 10.8. The molecule has 0 aromatic carbocycles. The predicted molar refractivity (Wildman–Crippen MR) is 88.3 cm³/mol. The third kappa shape index (κ3) is 3.50. The van der Waals surface area contributed by atoms with Crippen LogP contribution >= 0.6 is 0 Å². The van der Waals surface area contributed by atoms with Crippen molar-refractivity contribution in [2.75, 3.05) is 27.2 Å². The fourth-order valence-corrected chi connectivity index (χ4v) is 2.54. The number of nitrogens with one attached hydrogen (secondary N) is 2. The maximum absolute atomic E-state index is 12.4. The summed E-state index contributed by atoms with van der Waals surface area (Å²) in [6.07, 6.45) is 1.67. The Morgan fingerprint density at radius 3 is 2.65 bits per heavy atom. The Labute approximate surface area is 135 Å². The van der Waals surface area contributed by atoms with Gasteiger partial charge < -0.3 is 14.6 Å². The van der Waals surface area contributed by atoms with Gasteiger partial charge in [0, 0.05) is 17.0 Å². The third-order valence-electron chi connectivity index (χ3n) is 3.52. The minimum atomic E-state index is -0.318. The van der Waals surface area contributed by atoms with Crippen LogP contribution in [0.2, 0.25) is 0 Å². The van der Waals surface area contributed by atoms with Crippen molar-refractivity contribution in [3.63, 3.8) is 0 Å². The van der Waals surface area contributed by atoms with Gasteiger partial charge in [-0.1, -0.05) is 0 Å². The zero-order valence-corrected chi connectivity index (χ0v) is 14.1. The number of rotatable bonds is 5. The molecule has 23 heavy (non-hydrogen) atoms. The molecule has 2 rings (SSSR count). The van der Waals surface area contributed by atoms with E-state index in [1.54, 1.807) is 6.08 Å². The second-order valence-electron chi connectivity index (χ2n) is 5.67. The highest BCUT2D eigenvalue weighted by Crippen LogP contribution is 2.22. The molecular formula is C16H22N4O3. The first-order valence-corrected chi connectivity index (χ1v) is 7.45. The van der Waals surface area contributed by atoms with Gasteiger partial charge in [0.1, 0.15) is 5.57 Å². The van der Waals surface area contributed by atoms with E-state index in [4.69, 9.17) is 4.74 Å². The summed E-state index contributed by atoms with van der Waals surface area (Å²) in [5, 5.41) is 3.86. The molecule has 124 valence electrons. The lowest BCUT2D eigenvalue weighted by Crippen LogP contribution is -2.22. The van der Waals surface area contributed by atoms with Crippen molar-refractivity contribution in [2.24, 2.45) is 5.10 Å². The molecule has 0 bridgehead atoms. The van der Waals surface area contributed by atoms with Crippen LogP contribution < -0.4 is 5.43 Å². The summed E-state index contributed by atoms with van der Waals surface area (Å²) >= 11 is 0. The number of carbonyl (C=O) groups excluding carboxylic acids is 2. The monoisotopic (exact) mass is 318 g/mol.